The summed E-state index contributed by atoms with van der Waals surface area (Å²) in [5, 5.41) is 8.22. The molecule has 0 bridgehead atoms. The van der Waals surface area contributed by atoms with E-state index in [1.165, 1.54) is 0 Å². The molecule has 0 saturated carbocycles. The molecule has 2 unspecified atom stereocenters. The van der Waals surface area contributed by atoms with Crippen LogP contribution in [0.5, 0.6) is 0 Å². The van der Waals surface area contributed by atoms with Crippen LogP contribution in [0.4, 0.5) is 10.6 Å². The highest BCUT2D eigenvalue weighted by molar-refractivity contribution is 5.68. The number of aromatic nitrogens is 2. The average molecular weight is 306 g/mol. The number of amides is 1. The van der Waals surface area contributed by atoms with Crippen molar-refractivity contribution in [1.29, 1.82) is 0 Å². The van der Waals surface area contributed by atoms with Crippen LogP contribution in [0.3, 0.4) is 0 Å². The van der Waals surface area contributed by atoms with E-state index >= 15 is 0 Å². The van der Waals surface area contributed by atoms with Crippen LogP contribution in [-0.4, -0.2) is 39.4 Å². The number of piperidine rings is 1. The minimum Gasteiger partial charge on any atom is -0.444 e. The normalized spacial score (nSPS) is 22.5. The highest BCUT2D eigenvalue weighted by Gasteiger charge is 2.33. The van der Waals surface area contributed by atoms with Gasteiger partial charge in [-0.25, -0.2) is 4.79 Å². The Morgan fingerprint density at radius 2 is 2.09 bits per heavy atom. The molecule has 1 aromatic heterocycles. The van der Waals surface area contributed by atoms with E-state index in [-0.39, 0.29) is 12.1 Å². The van der Waals surface area contributed by atoms with E-state index < -0.39 is 5.60 Å². The number of carbonyl (C=O) groups is 1. The number of nitrogen functional groups attached to an aromatic ring is 1. The number of nitrogens with zero attached hydrogens (tertiary/aromatic N) is 3. The van der Waals surface area contributed by atoms with Crippen LogP contribution in [-0.2, 0) is 4.74 Å². The van der Waals surface area contributed by atoms with E-state index in [1.54, 1.807) is 0 Å². The summed E-state index contributed by atoms with van der Waals surface area (Å²) in [4.78, 5) is 14.0. The van der Waals surface area contributed by atoms with Gasteiger partial charge in [-0.1, -0.05) is 0 Å². The van der Waals surface area contributed by atoms with Crippen LogP contribution in [0.15, 0.2) is 6.07 Å². The van der Waals surface area contributed by atoms with Crippen molar-refractivity contribution in [3.05, 3.63) is 17.3 Å². The van der Waals surface area contributed by atoms with E-state index in [9.17, 15) is 4.79 Å². The first-order valence-electron chi connectivity index (χ1n) is 7.76. The summed E-state index contributed by atoms with van der Waals surface area (Å²) in [5.74, 6) is 0.752. The molecule has 0 spiro atoms. The number of hydrogen-bond donors (Lipinski definition) is 1. The number of likely N-dealkylation sites (tertiary alicyclic amines) is 1. The van der Waals surface area contributed by atoms with Crippen molar-refractivity contribution in [2.45, 2.75) is 65.0 Å². The summed E-state index contributed by atoms with van der Waals surface area (Å²) in [6.45, 7) is 10.4. The van der Waals surface area contributed by atoms with Gasteiger partial charge in [0.05, 0.1) is 5.69 Å². The Hall–Kier alpha value is -1.85. The van der Waals surface area contributed by atoms with Gasteiger partial charge in [0.15, 0.2) is 0 Å². The Labute approximate surface area is 132 Å². The molecular weight excluding hydrogens is 280 g/mol. The molecule has 2 N–H and O–H groups in total. The maximum atomic E-state index is 12.2. The number of ether oxygens (including phenoxy) is 1. The summed E-state index contributed by atoms with van der Waals surface area (Å²) >= 11 is 0. The first kappa shape index (κ1) is 16.5. The lowest BCUT2D eigenvalue weighted by atomic mass is 9.87. The molecule has 1 amide bonds. The van der Waals surface area contributed by atoms with E-state index in [4.69, 9.17) is 10.5 Å². The van der Waals surface area contributed by atoms with Crippen molar-refractivity contribution >= 4 is 11.9 Å². The van der Waals surface area contributed by atoms with Crippen molar-refractivity contribution in [2.75, 3.05) is 12.3 Å². The van der Waals surface area contributed by atoms with Gasteiger partial charge in [0.25, 0.3) is 0 Å². The standard InChI is InChI=1S/C16H26N4O2/c1-10-8-13(17)18-19-14(10)12-6-7-20(11(2)9-12)15(21)22-16(3,4)5/h8,11-12H,6-7,9H2,1-5H3,(H2,17,18). The quantitative estimate of drug-likeness (QED) is 0.862. The second kappa shape index (κ2) is 6.10. The Kier molecular flexibility index (Phi) is 4.58. The second-order valence-electron chi connectivity index (χ2n) is 7.08. The smallest absolute Gasteiger partial charge is 0.410 e. The zero-order valence-corrected chi connectivity index (χ0v) is 14.1. The maximum absolute atomic E-state index is 12.2. The van der Waals surface area contributed by atoms with Crippen molar-refractivity contribution < 1.29 is 9.53 Å². The SMILES string of the molecule is Cc1cc(N)nnc1C1CCN(C(=O)OC(C)(C)C)C(C)C1. The Bertz CT molecular complexity index is 554. The van der Waals surface area contributed by atoms with Crippen LogP contribution >= 0.6 is 0 Å². The second-order valence-corrected chi connectivity index (χ2v) is 7.08. The van der Waals surface area contributed by atoms with E-state index in [1.807, 2.05) is 38.7 Å². The lowest BCUT2D eigenvalue weighted by Gasteiger charge is -2.38. The molecule has 2 atom stereocenters. The van der Waals surface area contributed by atoms with Gasteiger partial charge in [0.2, 0.25) is 0 Å². The third-order valence-corrected chi connectivity index (χ3v) is 3.93. The fourth-order valence-electron chi connectivity index (χ4n) is 2.93. The third-order valence-electron chi connectivity index (χ3n) is 3.93. The monoisotopic (exact) mass is 306 g/mol. The molecule has 122 valence electrons. The van der Waals surface area contributed by atoms with Crippen LogP contribution in [0.2, 0.25) is 0 Å². The molecule has 0 aromatic carbocycles. The van der Waals surface area contributed by atoms with Gasteiger partial charge in [-0.05, 0) is 59.1 Å². The van der Waals surface area contributed by atoms with Crippen molar-refractivity contribution in [1.82, 2.24) is 15.1 Å². The van der Waals surface area contributed by atoms with Gasteiger partial charge in [0.1, 0.15) is 11.4 Å². The number of carbonyl (C=O) groups excluding carboxylic acids is 1. The fourth-order valence-corrected chi connectivity index (χ4v) is 2.93. The van der Waals surface area contributed by atoms with Crippen LogP contribution < -0.4 is 5.73 Å². The molecule has 1 aliphatic heterocycles. The number of anilines is 1. The van der Waals surface area contributed by atoms with Gasteiger partial charge in [-0.3, -0.25) is 0 Å². The van der Waals surface area contributed by atoms with Gasteiger partial charge in [-0.2, -0.15) is 5.10 Å². The molecular formula is C16H26N4O2. The molecule has 6 nitrogen and oxygen atoms in total. The zero-order chi connectivity index (χ0) is 16.5. The van der Waals surface area contributed by atoms with E-state index in [0.29, 0.717) is 18.3 Å². The zero-order valence-electron chi connectivity index (χ0n) is 14.1. The van der Waals surface area contributed by atoms with E-state index in [0.717, 1.165) is 24.1 Å². The number of rotatable bonds is 1. The van der Waals surface area contributed by atoms with Gasteiger partial charge < -0.3 is 15.4 Å². The summed E-state index contributed by atoms with van der Waals surface area (Å²) < 4.78 is 5.47. The summed E-state index contributed by atoms with van der Waals surface area (Å²) in [7, 11) is 0. The van der Waals surface area contributed by atoms with Crippen molar-refractivity contribution in [3.63, 3.8) is 0 Å². The number of hydrogen-bond acceptors (Lipinski definition) is 5. The Morgan fingerprint density at radius 1 is 1.41 bits per heavy atom. The molecule has 1 saturated heterocycles. The van der Waals surface area contributed by atoms with Crippen molar-refractivity contribution in [3.8, 4) is 0 Å². The van der Waals surface area contributed by atoms with Crippen LogP contribution in [0.25, 0.3) is 0 Å². The summed E-state index contributed by atoms with van der Waals surface area (Å²) in [6, 6.07) is 1.97. The topological polar surface area (TPSA) is 81.3 Å². The molecule has 2 heterocycles. The van der Waals surface area contributed by atoms with Gasteiger partial charge in [-0.15, -0.1) is 5.10 Å². The average Bonchev–Trinajstić information content (AvgIpc) is 2.36. The third kappa shape index (κ3) is 3.87. The van der Waals surface area contributed by atoms with Gasteiger partial charge in [0, 0.05) is 18.5 Å². The van der Waals surface area contributed by atoms with Crippen molar-refractivity contribution in [2.24, 2.45) is 0 Å². The Morgan fingerprint density at radius 3 is 2.64 bits per heavy atom. The minimum atomic E-state index is -0.466. The fraction of sp³-hybridized carbons (Fsp3) is 0.688. The van der Waals surface area contributed by atoms with Crippen LogP contribution in [0, 0.1) is 6.92 Å². The molecule has 1 aromatic rings. The lowest BCUT2D eigenvalue weighted by molar-refractivity contribution is 0.0102. The molecule has 6 heteroatoms. The molecule has 22 heavy (non-hydrogen) atoms. The number of aryl methyl sites for hydroxylation is 1. The summed E-state index contributed by atoms with van der Waals surface area (Å²) in [6.07, 6.45) is 1.49. The first-order chi connectivity index (χ1) is 10.2. The molecule has 1 fully saturated rings. The first-order valence-corrected chi connectivity index (χ1v) is 7.76. The maximum Gasteiger partial charge on any atom is 0.410 e. The highest BCUT2D eigenvalue weighted by Crippen LogP contribution is 2.32. The Balaban J connectivity index is 2.05. The lowest BCUT2D eigenvalue weighted by Crippen LogP contribution is -2.46. The molecule has 1 aliphatic rings. The van der Waals surface area contributed by atoms with E-state index in [2.05, 4.69) is 17.1 Å². The number of nitrogens with two attached hydrogens (primary N) is 1. The highest BCUT2D eigenvalue weighted by atomic mass is 16.6. The molecule has 2 rings (SSSR count). The predicted molar refractivity (Wildman–Crippen MR) is 85.6 cm³/mol. The molecule has 0 radical (unpaired) electrons. The summed E-state index contributed by atoms with van der Waals surface area (Å²) in [5.41, 5.74) is 7.25. The molecule has 0 aliphatic carbocycles. The minimum absolute atomic E-state index is 0.118. The predicted octanol–water partition coefficient (Wildman–Crippen LogP) is 2.87. The van der Waals surface area contributed by atoms with Crippen LogP contribution in [0.1, 0.15) is 57.7 Å². The van der Waals surface area contributed by atoms with Gasteiger partial charge >= 0.3 is 6.09 Å². The largest absolute Gasteiger partial charge is 0.444 e.